The molecule has 9 heteroatoms. The van der Waals surface area contributed by atoms with Crippen LogP contribution in [-0.4, -0.2) is 43.5 Å². The molecule has 1 aliphatic rings. The SMILES string of the molecule is Cn1ccnc1C1(O)CN(C(=O)c2ccc(Cl)cc2[N+](=O)[O-])C1. The van der Waals surface area contributed by atoms with E-state index in [4.69, 9.17) is 11.6 Å². The van der Waals surface area contributed by atoms with Crippen molar-refractivity contribution in [2.75, 3.05) is 13.1 Å². The second-order valence-electron chi connectivity index (χ2n) is 5.47. The zero-order valence-corrected chi connectivity index (χ0v) is 12.9. The number of likely N-dealkylation sites (tertiary alicyclic amines) is 1. The van der Waals surface area contributed by atoms with Gasteiger partial charge in [0.25, 0.3) is 11.6 Å². The van der Waals surface area contributed by atoms with Gasteiger partial charge in [-0.15, -0.1) is 0 Å². The number of nitro benzene ring substituents is 1. The zero-order valence-electron chi connectivity index (χ0n) is 12.1. The van der Waals surface area contributed by atoms with Gasteiger partial charge in [-0.05, 0) is 12.1 Å². The number of nitro groups is 1. The molecule has 1 amide bonds. The Balaban J connectivity index is 1.82. The van der Waals surface area contributed by atoms with E-state index in [1.54, 1.807) is 24.0 Å². The van der Waals surface area contributed by atoms with Gasteiger partial charge in [0.1, 0.15) is 11.4 Å². The summed E-state index contributed by atoms with van der Waals surface area (Å²) in [5, 5.41) is 21.8. The average molecular weight is 337 g/mol. The number of benzene rings is 1. The van der Waals surface area contributed by atoms with Crippen LogP contribution in [0, 0.1) is 10.1 Å². The maximum Gasteiger partial charge on any atom is 0.283 e. The van der Waals surface area contributed by atoms with Gasteiger partial charge < -0.3 is 14.6 Å². The maximum absolute atomic E-state index is 12.4. The fourth-order valence-corrected chi connectivity index (χ4v) is 2.86. The van der Waals surface area contributed by atoms with Crippen molar-refractivity contribution in [2.24, 2.45) is 7.05 Å². The second kappa shape index (κ2) is 5.32. The predicted octanol–water partition coefficient (Wildman–Crippen LogP) is 1.33. The number of carbonyl (C=O) groups is 1. The van der Waals surface area contributed by atoms with Gasteiger partial charge in [-0.25, -0.2) is 4.98 Å². The minimum Gasteiger partial charge on any atom is -0.378 e. The van der Waals surface area contributed by atoms with Crippen LogP contribution in [0.15, 0.2) is 30.6 Å². The first-order valence-electron chi connectivity index (χ1n) is 6.75. The number of amides is 1. The lowest BCUT2D eigenvalue weighted by molar-refractivity contribution is -0.385. The normalized spacial score (nSPS) is 16.0. The Morgan fingerprint density at radius 3 is 2.74 bits per heavy atom. The molecule has 1 aromatic carbocycles. The van der Waals surface area contributed by atoms with Crippen LogP contribution >= 0.6 is 11.6 Å². The molecule has 0 aliphatic carbocycles. The Morgan fingerprint density at radius 1 is 1.48 bits per heavy atom. The minimum atomic E-state index is -1.24. The van der Waals surface area contributed by atoms with Crippen molar-refractivity contribution in [3.63, 3.8) is 0 Å². The first-order chi connectivity index (χ1) is 10.8. The monoisotopic (exact) mass is 336 g/mol. The number of nitrogens with zero attached hydrogens (tertiary/aromatic N) is 4. The Labute approximate surface area is 136 Å². The molecule has 0 atom stereocenters. The van der Waals surface area contributed by atoms with Gasteiger partial charge in [0.15, 0.2) is 5.60 Å². The van der Waals surface area contributed by atoms with Gasteiger partial charge in [0, 0.05) is 30.5 Å². The van der Waals surface area contributed by atoms with Gasteiger partial charge >= 0.3 is 0 Å². The number of hydrogen-bond donors (Lipinski definition) is 1. The third-order valence-electron chi connectivity index (χ3n) is 3.82. The Morgan fingerprint density at radius 2 is 2.17 bits per heavy atom. The van der Waals surface area contributed by atoms with Crippen molar-refractivity contribution in [2.45, 2.75) is 5.60 Å². The van der Waals surface area contributed by atoms with Crippen molar-refractivity contribution in [3.8, 4) is 0 Å². The minimum absolute atomic E-state index is 0.0243. The van der Waals surface area contributed by atoms with E-state index in [0.717, 1.165) is 6.07 Å². The van der Waals surface area contributed by atoms with Crippen molar-refractivity contribution < 1.29 is 14.8 Å². The van der Waals surface area contributed by atoms with E-state index in [2.05, 4.69) is 4.98 Å². The molecular formula is C14H13ClN4O4. The number of imidazole rings is 1. The number of aliphatic hydroxyl groups is 1. The largest absolute Gasteiger partial charge is 0.378 e. The van der Waals surface area contributed by atoms with E-state index >= 15 is 0 Å². The van der Waals surface area contributed by atoms with Crippen molar-refractivity contribution >= 4 is 23.2 Å². The number of aromatic nitrogens is 2. The van der Waals surface area contributed by atoms with E-state index < -0.39 is 16.4 Å². The average Bonchev–Trinajstić information content (AvgIpc) is 2.89. The van der Waals surface area contributed by atoms with E-state index in [1.807, 2.05) is 0 Å². The summed E-state index contributed by atoms with van der Waals surface area (Å²) in [6, 6.07) is 3.88. The second-order valence-corrected chi connectivity index (χ2v) is 5.91. The van der Waals surface area contributed by atoms with Crippen molar-refractivity contribution in [1.82, 2.24) is 14.5 Å². The molecule has 0 spiro atoms. The fourth-order valence-electron chi connectivity index (χ4n) is 2.69. The molecular weight excluding hydrogens is 324 g/mol. The van der Waals surface area contributed by atoms with Crippen LogP contribution in [0.5, 0.6) is 0 Å². The molecule has 23 heavy (non-hydrogen) atoms. The Hall–Kier alpha value is -2.45. The number of aryl methyl sites for hydroxylation is 1. The molecule has 2 heterocycles. The number of halogens is 1. The van der Waals surface area contributed by atoms with Crippen LogP contribution in [0.2, 0.25) is 5.02 Å². The molecule has 1 saturated heterocycles. The molecule has 0 bridgehead atoms. The van der Waals surface area contributed by atoms with Crippen LogP contribution in [0.3, 0.4) is 0 Å². The number of carbonyl (C=O) groups excluding carboxylic acids is 1. The van der Waals surface area contributed by atoms with E-state index in [0.29, 0.717) is 5.82 Å². The lowest BCUT2D eigenvalue weighted by Gasteiger charge is -2.45. The number of hydrogen-bond acceptors (Lipinski definition) is 5. The highest BCUT2D eigenvalue weighted by Crippen LogP contribution is 2.33. The molecule has 2 aromatic rings. The van der Waals surface area contributed by atoms with Crippen LogP contribution in [0.25, 0.3) is 0 Å². The number of rotatable bonds is 3. The summed E-state index contributed by atoms with van der Waals surface area (Å²) in [7, 11) is 1.74. The van der Waals surface area contributed by atoms with E-state index in [9.17, 15) is 20.0 Å². The molecule has 8 nitrogen and oxygen atoms in total. The Kier molecular flexibility index (Phi) is 3.57. The van der Waals surface area contributed by atoms with Gasteiger partial charge in [-0.2, -0.15) is 0 Å². The Bertz CT molecular complexity index is 798. The quantitative estimate of drug-likeness (QED) is 0.673. The zero-order chi connectivity index (χ0) is 16.8. The summed E-state index contributed by atoms with van der Waals surface area (Å²) < 4.78 is 1.67. The molecule has 1 N–H and O–H groups in total. The summed E-state index contributed by atoms with van der Waals surface area (Å²) in [5.41, 5.74) is -1.65. The third kappa shape index (κ3) is 2.55. The van der Waals surface area contributed by atoms with E-state index in [-0.39, 0.29) is 29.4 Å². The predicted molar refractivity (Wildman–Crippen MR) is 81.1 cm³/mol. The standard InChI is InChI=1S/C14H13ClN4O4/c1-17-5-4-16-13(17)14(21)7-18(8-14)12(20)10-3-2-9(15)6-11(10)19(22)23/h2-6,21H,7-8H2,1H3. The molecule has 0 radical (unpaired) electrons. The molecule has 120 valence electrons. The highest BCUT2D eigenvalue weighted by molar-refractivity contribution is 6.31. The van der Waals surface area contributed by atoms with Crippen LogP contribution in [-0.2, 0) is 12.6 Å². The topological polar surface area (TPSA) is 102 Å². The van der Waals surface area contributed by atoms with Gasteiger partial charge in [0.05, 0.1) is 18.0 Å². The number of β-amino-alcohol motifs (C(OH)–C–C–N with tert-alkyl or cyclic N) is 1. The molecule has 1 aliphatic heterocycles. The third-order valence-corrected chi connectivity index (χ3v) is 4.05. The van der Waals surface area contributed by atoms with Gasteiger partial charge in [-0.3, -0.25) is 14.9 Å². The van der Waals surface area contributed by atoms with Crippen LogP contribution < -0.4 is 0 Å². The van der Waals surface area contributed by atoms with Crippen LogP contribution in [0.1, 0.15) is 16.2 Å². The highest BCUT2D eigenvalue weighted by Gasteiger charge is 2.48. The summed E-state index contributed by atoms with van der Waals surface area (Å²) in [6.07, 6.45) is 3.25. The summed E-state index contributed by atoms with van der Waals surface area (Å²) in [5.74, 6) is -0.0700. The van der Waals surface area contributed by atoms with Crippen molar-refractivity contribution in [3.05, 3.63) is 57.1 Å². The summed E-state index contributed by atoms with van der Waals surface area (Å²) >= 11 is 5.74. The van der Waals surface area contributed by atoms with Crippen molar-refractivity contribution in [1.29, 1.82) is 0 Å². The van der Waals surface area contributed by atoms with E-state index in [1.165, 1.54) is 17.0 Å². The molecule has 0 saturated carbocycles. The van der Waals surface area contributed by atoms with Gasteiger partial charge in [0.2, 0.25) is 0 Å². The first-order valence-corrected chi connectivity index (χ1v) is 7.13. The smallest absolute Gasteiger partial charge is 0.283 e. The van der Waals surface area contributed by atoms with Crippen LogP contribution in [0.4, 0.5) is 5.69 Å². The lowest BCUT2D eigenvalue weighted by Crippen LogP contribution is -2.62. The molecule has 0 unspecified atom stereocenters. The lowest BCUT2D eigenvalue weighted by atomic mass is 9.92. The summed E-state index contributed by atoms with van der Waals surface area (Å²) in [4.78, 5) is 28.3. The highest BCUT2D eigenvalue weighted by atomic mass is 35.5. The first kappa shape index (κ1) is 15.4. The molecule has 3 rings (SSSR count). The maximum atomic E-state index is 12.4. The molecule has 1 fully saturated rings. The van der Waals surface area contributed by atoms with Gasteiger partial charge in [-0.1, -0.05) is 11.6 Å². The summed E-state index contributed by atoms with van der Waals surface area (Å²) in [6.45, 7) is 0.0485. The fraction of sp³-hybridized carbons (Fsp3) is 0.286. The molecule has 1 aromatic heterocycles.